The van der Waals surface area contributed by atoms with E-state index in [1.54, 1.807) is 0 Å². The van der Waals surface area contributed by atoms with Gasteiger partial charge < -0.3 is 15.0 Å². The quantitative estimate of drug-likeness (QED) is 0.602. The van der Waals surface area contributed by atoms with Crippen molar-refractivity contribution >= 4 is 33.3 Å². The Morgan fingerprint density at radius 1 is 0.853 bits per heavy atom. The fourth-order valence-electron chi connectivity index (χ4n) is 4.36. The van der Waals surface area contributed by atoms with Crippen LogP contribution < -0.4 is 10.2 Å². The van der Waals surface area contributed by atoms with Gasteiger partial charge in [-0.3, -0.25) is 4.79 Å². The molecule has 0 spiro atoms. The summed E-state index contributed by atoms with van der Waals surface area (Å²) in [4.78, 5) is 27.1. The van der Waals surface area contributed by atoms with Crippen molar-refractivity contribution < 1.29 is 22.7 Å². The van der Waals surface area contributed by atoms with E-state index in [4.69, 9.17) is 4.74 Å². The molecule has 2 aromatic rings. The lowest BCUT2D eigenvalue weighted by Gasteiger charge is -2.20. The van der Waals surface area contributed by atoms with Crippen molar-refractivity contribution in [3.63, 3.8) is 0 Å². The minimum atomic E-state index is -3.68. The van der Waals surface area contributed by atoms with Crippen molar-refractivity contribution in [1.82, 2.24) is 4.31 Å². The van der Waals surface area contributed by atoms with Crippen molar-refractivity contribution in [2.45, 2.75) is 43.4 Å². The second-order valence-corrected chi connectivity index (χ2v) is 10.6. The normalized spacial score (nSPS) is 17.2. The van der Waals surface area contributed by atoms with Crippen LogP contribution >= 0.6 is 0 Å². The molecular formula is C25H31N3O5S. The highest BCUT2D eigenvalue weighted by atomic mass is 32.2. The molecule has 2 heterocycles. The summed E-state index contributed by atoms with van der Waals surface area (Å²) in [6.07, 6.45) is 6.08. The molecule has 1 amide bonds. The van der Waals surface area contributed by atoms with Crippen LogP contribution in [-0.2, 0) is 19.6 Å². The van der Waals surface area contributed by atoms with E-state index in [1.807, 2.05) is 24.3 Å². The Morgan fingerprint density at radius 3 is 2.18 bits per heavy atom. The average Bonchev–Trinajstić information content (AvgIpc) is 3.24. The van der Waals surface area contributed by atoms with E-state index in [1.165, 1.54) is 41.4 Å². The van der Waals surface area contributed by atoms with Crippen LogP contribution in [0.2, 0.25) is 0 Å². The van der Waals surface area contributed by atoms with Gasteiger partial charge in [0.05, 0.1) is 10.5 Å². The second-order valence-electron chi connectivity index (χ2n) is 8.71. The van der Waals surface area contributed by atoms with Crippen LogP contribution in [0.5, 0.6) is 0 Å². The van der Waals surface area contributed by atoms with Gasteiger partial charge >= 0.3 is 5.97 Å². The van der Waals surface area contributed by atoms with Crippen LogP contribution in [0.15, 0.2) is 53.4 Å². The Balaban J connectivity index is 1.32. The minimum Gasteiger partial charge on any atom is -0.452 e. The largest absolute Gasteiger partial charge is 0.452 e. The molecule has 2 aliphatic rings. The van der Waals surface area contributed by atoms with Gasteiger partial charge in [-0.2, -0.15) is 4.31 Å². The topological polar surface area (TPSA) is 96.0 Å². The van der Waals surface area contributed by atoms with Gasteiger partial charge in [-0.25, -0.2) is 13.2 Å². The van der Waals surface area contributed by atoms with Crippen LogP contribution in [0.1, 0.15) is 48.9 Å². The molecule has 1 N–H and O–H groups in total. The number of rotatable bonds is 7. The third-order valence-corrected chi connectivity index (χ3v) is 8.12. The van der Waals surface area contributed by atoms with Gasteiger partial charge in [-0.1, -0.05) is 18.9 Å². The first kappa shape index (κ1) is 24.2. The summed E-state index contributed by atoms with van der Waals surface area (Å²) >= 11 is 0. The number of ether oxygens (including phenoxy) is 1. The molecule has 0 aromatic heterocycles. The number of benzene rings is 2. The molecule has 0 bridgehead atoms. The lowest BCUT2D eigenvalue weighted by Crippen LogP contribution is -2.32. The molecule has 8 nitrogen and oxygen atoms in total. The number of nitrogens with one attached hydrogen (secondary N) is 1. The first-order valence-corrected chi connectivity index (χ1v) is 13.3. The zero-order valence-electron chi connectivity index (χ0n) is 19.2. The summed E-state index contributed by atoms with van der Waals surface area (Å²) in [6.45, 7) is 2.59. The minimum absolute atomic E-state index is 0.0615. The third kappa shape index (κ3) is 5.95. The van der Waals surface area contributed by atoms with Crippen molar-refractivity contribution in [3.05, 3.63) is 54.1 Å². The summed E-state index contributed by atoms with van der Waals surface area (Å²) in [5, 5.41) is 2.71. The standard InChI is InChI=1S/C25H31N3O5S/c29-24(26-21-10-12-22(13-11-21)27-14-5-6-15-27)19-33-25(30)20-8-7-9-23(18-20)34(31,32)28-16-3-1-2-4-17-28/h7-13,18H,1-6,14-17,19H2,(H,26,29). The Labute approximate surface area is 200 Å². The fourth-order valence-corrected chi connectivity index (χ4v) is 5.92. The van der Waals surface area contributed by atoms with Gasteiger partial charge in [0.1, 0.15) is 0 Å². The van der Waals surface area contributed by atoms with Crippen LogP contribution in [0.3, 0.4) is 0 Å². The first-order valence-electron chi connectivity index (χ1n) is 11.9. The SMILES string of the molecule is O=C(COC(=O)c1cccc(S(=O)(=O)N2CCCCCC2)c1)Nc1ccc(N2CCCC2)cc1. The molecule has 0 atom stereocenters. The molecule has 2 aromatic carbocycles. The number of esters is 1. The molecule has 0 saturated carbocycles. The maximum Gasteiger partial charge on any atom is 0.338 e. The van der Waals surface area contributed by atoms with Gasteiger partial charge in [0, 0.05) is 37.6 Å². The second kappa shape index (κ2) is 11.0. The Morgan fingerprint density at radius 2 is 1.50 bits per heavy atom. The van der Waals surface area contributed by atoms with E-state index in [9.17, 15) is 18.0 Å². The predicted octanol–water partition coefficient (Wildman–Crippen LogP) is 3.65. The molecule has 2 fully saturated rings. The number of nitrogens with zero attached hydrogens (tertiary/aromatic N) is 2. The van der Waals surface area contributed by atoms with Crippen molar-refractivity contribution in [2.75, 3.05) is 43.0 Å². The maximum absolute atomic E-state index is 13.0. The van der Waals surface area contributed by atoms with Gasteiger partial charge in [0.2, 0.25) is 10.0 Å². The lowest BCUT2D eigenvalue weighted by atomic mass is 10.2. The summed E-state index contributed by atoms with van der Waals surface area (Å²) in [5.41, 5.74) is 1.84. The van der Waals surface area contributed by atoms with E-state index < -0.39 is 28.5 Å². The number of sulfonamides is 1. The van der Waals surface area contributed by atoms with Gasteiger partial charge in [0.15, 0.2) is 6.61 Å². The van der Waals surface area contributed by atoms with Gasteiger partial charge in [-0.05, 0) is 68.1 Å². The van der Waals surface area contributed by atoms with E-state index >= 15 is 0 Å². The molecule has 4 rings (SSSR count). The molecule has 182 valence electrons. The zero-order valence-corrected chi connectivity index (χ0v) is 20.1. The highest BCUT2D eigenvalue weighted by Crippen LogP contribution is 2.23. The molecule has 0 aliphatic carbocycles. The van der Waals surface area contributed by atoms with E-state index in [2.05, 4.69) is 10.2 Å². The number of amides is 1. The number of hydrogen-bond donors (Lipinski definition) is 1. The molecule has 2 aliphatic heterocycles. The molecule has 2 saturated heterocycles. The monoisotopic (exact) mass is 485 g/mol. The first-order chi connectivity index (χ1) is 16.4. The highest BCUT2D eigenvalue weighted by molar-refractivity contribution is 7.89. The van der Waals surface area contributed by atoms with E-state index in [0.29, 0.717) is 18.8 Å². The van der Waals surface area contributed by atoms with Crippen molar-refractivity contribution in [1.29, 1.82) is 0 Å². The summed E-state index contributed by atoms with van der Waals surface area (Å²) < 4.78 is 32.6. The molecule has 9 heteroatoms. The third-order valence-electron chi connectivity index (χ3n) is 6.23. The molecule has 0 radical (unpaired) electrons. The van der Waals surface area contributed by atoms with Gasteiger partial charge in [-0.15, -0.1) is 0 Å². The maximum atomic E-state index is 13.0. The summed E-state index contributed by atoms with van der Waals surface area (Å²) in [6, 6.07) is 13.4. The van der Waals surface area contributed by atoms with Crippen LogP contribution in [0.25, 0.3) is 0 Å². The van der Waals surface area contributed by atoms with Crippen molar-refractivity contribution in [3.8, 4) is 0 Å². The summed E-state index contributed by atoms with van der Waals surface area (Å²) in [5.74, 6) is -1.21. The number of carbonyl (C=O) groups is 2. The molecular weight excluding hydrogens is 454 g/mol. The van der Waals surface area contributed by atoms with Crippen molar-refractivity contribution in [2.24, 2.45) is 0 Å². The van der Waals surface area contributed by atoms with Gasteiger partial charge in [0.25, 0.3) is 5.91 Å². The average molecular weight is 486 g/mol. The summed E-state index contributed by atoms with van der Waals surface area (Å²) in [7, 11) is -3.68. The Hall–Kier alpha value is -2.91. The zero-order chi connectivity index (χ0) is 24.0. The van der Waals surface area contributed by atoms with E-state index in [0.717, 1.165) is 44.5 Å². The Bertz CT molecular complexity index is 1100. The molecule has 34 heavy (non-hydrogen) atoms. The number of hydrogen-bond acceptors (Lipinski definition) is 6. The fraction of sp³-hybridized carbons (Fsp3) is 0.440. The van der Waals surface area contributed by atoms with E-state index in [-0.39, 0.29) is 10.5 Å². The highest BCUT2D eigenvalue weighted by Gasteiger charge is 2.26. The van der Waals surface area contributed by atoms with Crippen LogP contribution in [0.4, 0.5) is 11.4 Å². The van der Waals surface area contributed by atoms with Crippen LogP contribution in [-0.4, -0.2) is 57.4 Å². The Kier molecular flexibility index (Phi) is 7.84. The molecule has 0 unspecified atom stereocenters. The smallest absolute Gasteiger partial charge is 0.338 e. The predicted molar refractivity (Wildman–Crippen MR) is 130 cm³/mol. The lowest BCUT2D eigenvalue weighted by molar-refractivity contribution is -0.119. The number of anilines is 2. The number of carbonyl (C=O) groups excluding carboxylic acids is 2. The van der Waals surface area contributed by atoms with Crippen LogP contribution in [0, 0.1) is 0 Å².